The first-order valence-corrected chi connectivity index (χ1v) is 16.7. The molecule has 0 fully saturated rings. The van der Waals surface area contributed by atoms with E-state index in [1.807, 2.05) is 24.3 Å². The van der Waals surface area contributed by atoms with Crippen LogP contribution in [0.15, 0.2) is 85.1 Å². The smallest absolute Gasteiger partial charge is 0.330 e. The summed E-state index contributed by atoms with van der Waals surface area (Å²) in [6.45, 7) is 3.56. The highest BCUT2D eigenvalue weighted by Gasteiger charge is 2.26. The third-order valence-electron chi connectivity index (χ3n) is 7.86. The van der Waals surface area contributed by atoms with Crippen LogP contribution in [-0.4, -0.2) is 113 Å². The van der Waals surface area contributed by atoms with Crippen LogP contribution >= 0.6 is 0 Å². The lowest BCUT2D eigenvalue weighted by atomic mass is 9.90. The summed E-state index contributed by atoms with van der Waals surface area (Å²) >= 11 is 0. The zero-order valence-electron chi connectivity index (χ0n) is 28.1. The Labute approximate surface area is 284 Å². The second-order valence-electron chi connectivity index (χ2n) is 12.7. The molecule has 9 N–H and O–H groups in total. The second kappa shape index (κ2) is 25.3. The lowest BCUT2D eigenvalue weighted by Crippen LogP contribution is -2.34. The summed E-state index contributed by atoms with van der Waals surface area (Å²) in [5, 5.41) is 93.2. The zero-order valence-corrected chi connectivity index (χ0v) is 28.1. The third-order valence-corrected chi connectivity index (χ3v) is 7.86. The number of cyclic esters (lactones) is 1. The minimum Gasteiger partial charge on any atom is -0.462 e. The van der Waals surface area contributed by atoms with Crippen LogP contribution < -0.4 is 0 Å². The maximum absolute atomic E-state index is 11.9. The van der Waals surface area contributed by atoms with Gasteiger partial charge in [-0.15, -0.1) is 0 Å². The SMILES string of the molecule is CC1C=CC(O)CC(O)CC(O)CC(O)CC(O)CC(O)CC(O)CC(O)C(C)C(O)C/C=C/C=C/C=C/C=C/C=C/C=C/C(=O)OC1. The number of carbonyl (C=O) groups excluding carboxylic acids is 1. The summed E-state index contributed by atoms with van der Waals surface area (Å²) in [4.78, 5) is 11.9. The summed E-state index contributed by atoms with van der Waals surface area (Å²) in [6.07, 6.45) is 13.7. The fraction of sp³-hybridized carbons (Fsp3) is 0.595. The van der Waals surface area contributed by atoms with Crippen LogP contribution in [-0.2, 0) is 9.53 Å². The van der Waals surface area contributed by atoms with E-state index in [1.54, 1.807) is 62.5 Å². The van der Waals surface area contributed by atoms with Crippen molar-refractivity contribution in [1.82, 2.24) is 0 Å². The highest BCUT2D eigenvalue weighted by Crippen LogP contribution is 2.20. The molecule has 0 aromatic rings. The van der Waals surface area contributed by atoms with Crippen molar-refractivity contribution in [1.29, 1.82) is 0 Å². The summed E-state index contributed by atoms with van der Waals surface area (Å²) in [6, 6.07) is 0. The molecule has 0 saturated carbocycles. The van der Waals surface area contributed by atoms with E-state index >= 15 is 0 Å². The molecular weight excluding hydrogens is 620 g/mol. The zero-order chi connectivity index (χ0) is 35.9. The van der Waals surface area contributed by atoms with Crippen LogP contribution in [0.25, 0.3) is 0 Å². The largest absolute Gasteiger partial charge is 0.462 e. The van der Waals surface area contributed by atoms with Crippen molar-refractivity contribution in [2.75, 3.05) is 6.61 Å². The molecule has 1 aliphatic heterocycles. The fourth-order valence-corrected chi connectivity index (χ4v) is 5.05. The highest BCUT2D eigenvalue weighted by atomic mass is 16.5. The molecule has 272 valence electrons. The van der Waals surface area contributed by atoms with Gasteiger partial charge in [0.1, 0.15) is 0 Å². The van der Waals surface area contributed by atoms with Gasteiger partial charge in [-0.1, -0.05) is 92.8 Å². The molecule has 0 aromatic carbocycles. The van der Waals surface area contributed by atoms with Crippen LogP contribution in [0.2, 0.25) is 0 Å². The van der Waals surface area contributed by atoms with Gasteiger partial charge in [0.25, 0.3) is 0 Å². The first kappa shape index (κ1) is 43.3. The van der Waals surface area contributed by atoms with E-state index < -0.39 is 66.8 Å². The number of ether oxygens (including phenoxy) is 1. The monoisotopic (exact) mass is 678 g/mol. The number of aliphatic hydroxyl groups excluding tert-OH is 9. The van der Waals surface area contributed by atoms with Crippen LogP contribution in [0, 0.1) is 11.8 Å². The molecule has 0 aromatic heterocycles. The van der Waals surface area contributed by atoms with Crippen molar-refractivity contribution in [2.45, 2.75) is 120 Å². The summed E-state index contributed by atoms with van der Waals surface area (Å²) in [7, 11) is 0. The van der Waals surface area contributed by atoms with E-state index in [4.69, 9.17) is 4.74 Å². The molecule has 0 radical (unpaired) electrons. The van der Waals surface area contributed by atoms with Gasteiger partial charge < -0.3 is 50.7 Å². The second-order valence-corrected chi connectivity index (χ2v) is 12.7. The highest BCUT2D eigenvalue weighted by molar-refractivity contribution is 5.82. The number of hydrogen-bond donors (Lipinski definition) is 9. The van der Waals surface area contributed by atoms with Gasteiger partial charge in [0.2, 0.25) is 0 Å². The van der Waals surface area contributed by atoms with E-state index in [2.05, 4.69) is 0 Å². The van der Waals surface area contributed by atoms with Crippen molar-refractivity contribution in [2.24, 2.45) is 11.8 Å². The molecule has 1 heterocycles. The number of allylic oxidation sites excluding steroid dienone is 10. The van der Waals surface area contributed by atoms with Gasteiger partial charge in [-0.25, -0.2) is 4.79 Å². The average molecular weight is 679 g/mol. The molecule has 1 aliphatic rings. The van der Waals surface area contributed by atoms with Gasteiger partial charge in [-0.3, -0.25) is 0 Å². The molecule has 0 spiro atoms. The Morgan fingerprint density at radius 1 is 0.521 bits per heavy atom. The van der Waals surface area contributed by atoms with Crippen LogP contribution in [0.3, 0.4) is 0 Å². The molecule has 0 amide bonds. The van der Waals surface area contributed by atoms with Crippen LogP contribution in [0.5, 0.6) is 0 Å². The number of aliphatic hydroxyl groups is 9. The molecular formula is C37H58O11. The van der Waals surface area contributed by atoms with Gasteiger partial charge >= 0.3 is 5.97 Å². The molecule has 48 heavy (non-hydrogen) atoms. The Balaban J connectivity index is 2.84. The minimum atomic E-state index is -1.13. The molecule has 0 bridgehead atoms. The molecule has 0 aliphatic carbocycles. The molecule has 11 heteroatoms. The Morgan fingerprint density at radius 2 is 0.938 bits per heavy atom. The minimum absolute atomic E-state index is 0.0627. The first-order chi connectivity index (χ1) is 22.8. The molecule has 0 saturated heterocycles. The Bertz CT molecular complexity index is 1080. The normalized spacial score (nSPS) is 39.7. The molecule has 1 rings (SSSR count). The molecule has 11 unspecified atom stereocenters. The van der Waals surface area contributed by atoms with Crippen molar-refractivity contribution >= 4 is 5.97 Å². The lowest BCUT2D eigenvalue weighted by Gasteiger charge is -2.26. The van der Waals surface area contributed by atoms with E-state index in [1.165, 1.54) is 12.2 Å². The fourth-order valence-electron chi connectivity index (χ4n) is 5.05. The van der Waals surface area contributed by atoms with Crippen molar-refractivity contribution in [3.8, 4) is 0 Å². The van der Waals surface area contributed by atoms with Gasteiger partial charge in [0.05, 0.1) is 61.5 Å². The van der Waals surface area contributed by atoms with Gasteiger partial charge in [0, 0.05) is 24.3 Å². The number of hydrogen-bond acceptors (Lipinski definition) is 11. The van der Waals surface area contributed by atoms with Crippen LogP contribution in [0.1, 0.15) is 65.2 Å². The number of carbonyl (C=O) groups is 1. The van der Waals surface area contributed by atoms with E-state index in [0.717, 1.165) is 0 Å². The topological polar surface area (TPSA) is 208 Å². The summed E-state index contributed by atoms with van der Waals surface area (Å²) in [5.74, 6) is -1.26. The summed E-state index contributed by atoms with van der Waals surface area (Å²) in [5.41, 5.74) is 0. The Hall–Kier alpha value is -2.71. The van der Waals surface area contributed by atoms with Crippen molar-refractivity contribution in [3.63, 3.8) is 0 Å². The predicted molar refractivity (Wildman–Crippen MR) is 184 cm³/mol. The predicted octanol–water partition coefficient (Wildman–Crippen LogP) is 2.08. The maximum atomic E-state index is 11.9. The van der Waals surface area contributed by atoms with Gasteiger partial charge in [-0.2, -0.15) is 0 Å². The number of esters is 1. The van der Waals surface area contributed by atoms with Crippen LogP contribution in [0.4, 0.5) is 0 Å². The molecule has 11 nitrogen and oxygen atoms in total. The van der Waals surface area contributed by atoms with Gasteiger partial charge in [0.15, 0.2) is 0 Å². The van der Waals surface area contributed by atoms with Gasteiger partial charge in [-0.05, 0) is 44.9 Å². The van der Waals surface area contributed by atoms with E-state index in [0.29, 0.717) is 0 Å². The maximum Gasteiger partial charge on any atom is 0.330 e. The van der Waals surface area contributed by atoms with Crippen molar-refractivity contribution < 1.29 is 55.5 Å². The first-order valence-electron chi connectivity index (χ1n) is 16.7. The number of rotatable bonds is 0. The average Bonchev–Trinajstić information content (AvgIpc) is 2.99. The standard InChI is InChI=1S/C37H58O11/c1-26-16-17-28(38)18-29(39)19-30(40)20-31(41)21-32(42)22-33(43)23-34(44)24-36(46)27(2)35(45)14-12-10-8-6-4-3-5-7-9-11-13-15-37(47)48-25-26/h3-13,15-17,26-36,38-46H,14,18-25H2,1-2H3/b4-3+,7-5+,8-6+,11-9+,12-10+,15-13+,17-16?. The quantitative estimate of drug-likeness (QED) is 0.134. The third kappa shape index (κ3) is 22.0. The van der Waals surface area contributed by atoms with E-state index in [-0.39, 0.29) is 63.9 Å². The van der Waals surface area contributed by atoms with E-state index in [9.17, 15) is 50.8 Å². The molecule has 11 atom stereocenters. The Kier molecular flexibility index (Phi) is 22.8. The van der Waals surface area contributed by atoms with Crippen molar-refractivity contribution in [3.05, 3.63) is 85.1 Å². The summed E-state index contributed by atoms with van der Waals surface area (Å²) < 4.78 is 5.20. The lowest BCUT2D eigenvalue weighted by molar-refractivity contribution is -0.138. The Morgan fingerprint density at radius 3 is 1.44 bits per heavy atom.